The van der Waals surface area contributed by atoms with Crippen LogP contribution in [0.3, 0.4) is 0 Å². The second kappa shape index (κ2) is 6.49. The van der Waals surface area contributed by atoms with E-state index in [-0.39, 0.29) is 5.82 Å². The molecular formula is C15H11FN2O4. The molecule has 1 aromatic carbocycles. The Bertz CT molecular complexity index is 817. The third kappa shape index (κ3) is 3.26. The zero-order valence-electron chi connectivity index (χ0n) is 11.2. The van der Waals surface area contributed by atoms with Crippen LogP contribution in [0, 0.1) is 5.82 Å². The summed E-state index contributed by atoms with van der Waals surface area (Å²) in [5.41, 5.74) is 1.48. The van der Waals surface area contributed by atoms with Crippen LogP contribution in [0.25, 0.3) is 16.9 Å². The normalized spacial score (nSPS) is 9.86. The maximum Gasteiger partial charge on any atom is 0.414 e. The fourth-order valence-corrected chi connectivity index (χ4v) is 1.79. The van der Waals surface area contributed by atoms with Crippen molar-refractivity contribution in [3.05, 3.63) is 60.7 Å². The van der Waals surface area contributed by atoms with Crippen LogP contribution in [0.15, 0.2) is 54.9 Å². The number of rotatable bonds is 1. The highest BCUT2D eigenvalue weighted by Gasteiger charge is 2.09. The number of fused-ring (bicyclic) bond motifs is 1. The van der Waals surface area contributed by atoms with Gasteiger partial charge in [0.05, 0.1) is 17.3 Å². The first-order valence-corrected chi connectivity index (χ1v) is 6.14. The molecule has 22 heavy (non-hydrogen) atoms. The van der Waals surface area contributed by atoms with Crippen LogP contribution in [0.5, 0.6) is 0 Å². The molecule has 0 saturated heterocycles. The van der Waals surface area contributed by atoms with Gasteiger partial charge < -0.3 is 10.2 Å². The van der Waals surface area contributed by atoms with Crippen LogP contribution in [-0.4, -0.2) is 31.5 Å². The van der Waals surface area contributed by atoms with E-state index >= 15 is 0 Å². The molecule has 2 heterocycles. The SMILES string of the molecule is Fc1ccccc1-c1ncc2ccccn12.O=C(O)C(=O)O. The number of pyridine rings is 1. The summed E-state index contributed by atoms with van der Waals surface area (Å²) in [6.07, 6.45) is 3.62. The Hall–Kier alpha value is -3.22. The minimum Gasteiger partial charge on any atom is -0.473 e. The van der Waals surface area contributed by atoms with Crippen molar-refractivity contribution in [2.75, 3.05) is 0 Å². The van der Waals surface area contributed by atoms with Crippen molar-refractivity contribution >= 4 is 17.5 Å². The zero-order valence-corrected chi connectivity index (χ0v) is 11.2. The first-order valence-electron chi connectivity index (χ1n) is 6.14. The molecule has 0 atom stereocenters. The van der Waals surface area contributed by atoms with Gasteiger partial charge in [0.25, 0.3) is 0 Å². The Labute approximate surface area is 124 Å². The number of halogens is 1. The summed E-state index contributed by atoms with van der Waals surface area (Å²) in [6, 6.07) is 12.4. The maximum absolute atomic E-state index is 13.6. The van der Waals surface area contributed by atoms with E-state index in [1.165, 1.54) is 6.07 Å². The summed E-state index contributed by atoms with van der Waals surface area (Å²) >= 11 is 0. The van der Waals surface area contributed by atoms with E-state index in [2.05, 4.69) is 4.98 Å². The van der Waals surface area contributed by atoms with Gasteiger partial charge in [-0.3, -0.25) is 4.40 Å². The highest BCUT2D eigenvalue weighted by molar-refractivity contribution is 6.27. The number of aliphatic carboxylic acids is 2. The van der Waals surface area contributed by atoms with E-state index in [0.29, 0.717) is 11.4 Å². The van der Waals surface area contributed by atoms with Gasteiger partial charge >= 0.3 is 11.9 Å². The lowest BCUT2D eigenvalue weighted by molar-refractivity contribution is -0.159. The minimum atomic E-state index is -1.82. The number of carboxylic acid groups (broad SMARTS) is 2. The number of imidazole rings is 1. The second-order valence-electron chi connectivity index (χ2n) is 4.17. The number of hydrogen-bond donors (Lipinski definition) is 2. The number of nitrogens with zero attached hydrogens (tertiary/aromatic N) is 2. The lowest BCUT2D eigenvalue weighted by Gasteiger charge is -2.01. The van der Waals surface area contributed by atoms with E-state index < -0.39 is 11.9 Å². The van der Waals surface area contributed by atoms with Gasteiger partial charge in [-0.25, -0.2) is 19.0 Å². The summed E-state index contributed by atoms with van der Waals surface area (Å²) < 4.78 is 15.5. The number of carboxylic acids is 2. The molecule has 0 bridgehead atoms. The van der Waals surface area contributed by atoms with Gasteiger partial charge in [-0.1, -0.05) is 18.2 Å². The van der Waals surface area contributed by atoms with Gasteiger partial charge in [0.15, 0.2) is 0 Å². The second-order valence-corrected chi connectivity index (χ2v) is 4.17. The number of benzene rings is 1. The topological polar surface area (TPSA) is 91.9 Å². The molecule has 0 unspecified atom stereocenters. The van der Waals surface area contributed by atoms with Gasteiger partial charge in [0.2, 0.25) is 0 Å². The third-order valence-electron chi connectivity index (χ3n) is 2.74. The molecule has 0 aliphatic carbocycles. The van der Waals surface area contributed by atoms with E-state index in [0.717, 1.165) is 5.52 Å². The molecule has 2 N–H and O–H groups in total. The monoisotopic (exact) mass is 302 g/mol. The molecule has 0 saturated carbocycles. The molecule has 0 spiro atoms. The lowest BCUT2D eigenvalue weighted by Crippen LogP contribution is -2.09. The van der Waals surface area contributed by atoms with Gasteiger partial charge in [0.1, 0.15) is 11.6 Å². The first-order chi connectivity index (χ1) is 10.5. The number of hydrogen-bond acceptors (Lipinski definition) is 3. The van der Waals surface area contributed by atoms with Crippen LogP contribution in [0.2, 0.25) is 0 Å². The molecule has 0 amide bonds. The Balaban J connectivity index is 0.000000254. The molecule has 6 nitrogen and oxygen atoms in total. The predicted octanol–water partition coefficient (Wildman–Crippen LogP) is 2.30. The van der Waals surface area contributed by atoms with Crippen LogP contribution < -0.4 is 0 Å². The Morgan fingerprint density at radius 1 is 1.00 bits per heavy atom. The van der Waals surface area contributed by atoms with E-state index in [9.17, 15) is 4.39 Å². The van der Waals surface area contributed by atoms with Crippen molar-refractivity contribution < 1.29 is 24.2 Å². The third-order valence-corrected chi connectivity index (χ3v) is 2.74. The van der Waals surface area contributed by atoms with Gasteiger partial charge in [-0.15, -0.1) is 0 Å². The van der Waals surface area contributed by atoms with Crippen molar-refractivity contribution in [3.8, 4) is 11.4 Å². The smallest absolute Gasteiger partial charge is 0.414 e. The zero-order chi connectivity index (χ0) is 16.1. The molecule has 112 valence electrons. The van der Waals surface area contributed by atoms with Crippen LogP contribution in [0.1, 0.15) is 0 Å². The quantitative estimate of drug-likeness (QED) is 0.673. The first kappa shape index (κ1) is 15.2. The van der Waals surface area contributed by atoms with Crippen molar-refractivity contribution in [1.29, 1.82) is 0 Å². The molecule has 3 rings (SSSR count). The molecule has 3 aromatic rings. The number of aromatic nitrogens is 2. The molecule has 0 aliphatic heterocycles. The lowest BCUT2D eigenvalue weighted by atomic mass is 10.2. The Morgan fingerprint density at radius 3 is 2.27 bits per heavy atom. The van der Waals surface area contributed by atoms with Gasteiger partial charge in [0, 0.05) is 6.20 Å². The molecular weight excluding hydrogens is 291 g/mol. The van der Waals surface area contributed by atoms with E-state index in [1.54, 1.807) is 18.3 Å². The van der Waals surface area contributed by atoms with Crippen molar-refractivity contribution in [2.45, 2.75) is 0 Å². The van der Waals surface area contributed by atoms with Crippen molar-refractivity contribution in [3.63, 3.8) is 0 Å². The van der Waals surface area contributed by atoms with Crippen molar-refractivity contribution in [2.24, 2.45) is 0 Å². The average molecular weight is 302 g/mol. The van der Waals surface area contributed by atoms with Gasteiger partial charge in [-0.05, 0) is 24.3 Å². The average Bonchev–Trinajstić information content (AvgIpc) is 2.92. The fraction of sp³-hybridized carbons (Fsp3) is 0. The van der Waals surface area contributed by atoms with Crippen LogP contribution in [0.4, 0.5) is 4.39 Å². The Kier molecular flexibility index (Phi) is 4.47. The number of carbonyl (C=O) groups is 2. The Morgan fingerprint density at radius 2 is 1.64 bits per heavy atom. The maximum atomic E-state index is 13.6. The predicted molar refractivity (Wildman–Crippen MR) is 75.9 cm³/mol. The molecule has 0 aliphatic rings. The highest BCUT2D eigenvalue weighted by atomic mass is 19.1. The summed E-state index contributed by atoms with van der Waals surface area (Å²) in [7, 11) is 0. The molecule has 2 aromatic heterocycles. The summed E-state index contributed by atoms with van der Waals surface area (Å²) in [5.74, 6) is -3.27. The molecule has 7 heteroatoms. The molecule has 0 fully saturated rings. The fourth-order valence-electron chi connectivity index (χ4n) is 1.79. The summed E-state index contributed by atoms with van der Waals surface area (Å²) in [6.45, 7) is 0. The van der Waals surface area contributed by atoms with Crippen LogP contribution in [-0.2, 0) is 9.59 Å². The summed E-state index contributed by atoms with van der Waals surface area (Å²) in [5, 5.41) is 14.8. The van der Waals surface area contributed by atoms with Gasteiger partial charge in [-0.2, -0.15) is 0 Å². The molecule has 0 radical (unpaired) electrons. The standard InChI is InChI=1S/C13H9FN2.C2H2O4/c14-12-7-2-1-6-11(12)13-15-9-10-5-3-4-8-16(10)13;3-1(4)2(5)6/h1-9H;(H,3,4)(H,5,6). The minimum absolute atomic E-state index is 0.251. The van der Waals surface area contributed by atoms with Crippen LogP contribution >= 0.6 is 0 Å². The van der Waals surface area contributed by atoms with Crippen molar-refractivity contribution in [1.82, 2.24) is 9.38 Å². The van der Waals surface area contributed by atoms with E-state index in [1.807, 2.05) is 34.9 Å². The highest BCUT2D eigenvalue weighted by Crippen LogP contribution is 2.22. The summed E-state index contributed by atoms with van der Waals surface area (Å²) in [4.78, 5) is 22.4. The largest absolute Gasteiger partial charge is 0.473 e. The van der Waals surface area contributed by atoms with E-state index in [4.69, 9.17) is 19.8 Å².